The highest BCUT2D eigenvalue weighted by Gasteiger charge is 2.10. The molecule has 0 aliphatic rings. The Labute approximate surface area is 99.5 Å². The number of halogens is 4. The first kappa shape index (κ1) is 10.1. The van der Waals surface area contributed by atoms with Gasteiger partial charge >= 0.3 is 0 Å². The fourth-order valence-electron chi connectivity index (χ4n) is 0.557. The third-order valence-corrected chi connectivity index (χ3v) is 4.26. The van der Waals surface area contributed by atoms with Crippen LogP contribution in [0.4, 0.5) is 0 Å². The minimum absolute atomic E-state index is 0.135. The third kappa shape index (κ3) is 2.02. The van der Waals surface area contributed by atoms with Crippen LogP contribution in [0.2, 0.25) is 5.02 Å². The molecule has 0 aliphatic carbocycles. The normalized spacial score (nSPS) is 10.2. The lowest BCUT2D eigenvalue weighted by atomic mass is 10.3. The van der Waals surface area contributed by atoms with Gasteiger partial charge in [0.1, 0.15) is 5.75 Å². The first-order chi connectivity index (χ1) is 5.04. The Morgan fingerprint density at radius 3 is 2.55 bits per heavy atom. The molecule has 60 valence electrons. The molecule has 1 nitrogen and oxygen atoms in total. The van der Waals surface area contributed by atoms with Crippen LogP contribution in [-0.4, -0.2) is 5.11 Å². The average Bonchev–Trinajstić information content (AvgIpc) is 1.97. The monoisotopic (exact) mass is 410 g/mol. The van der Waals surface area contributed by atoms with Crippen LogP contribution >= 0.6 is 66.1 Å². The summed E-state index contributed by atoms with van der Waals surface area (Å²) in [7, 11) is 0. The predicted octanol–water partition coefficient (Wildman–Crippen LogP) is 4.18. The average molecular weight is 412 g/mol. The van der Waals surface area contributed by atoms with Crippen LogP contribution in [0, 0.1) is 3.57 Å². The van der Waals surface area contributed by atoms with Crippen molar-refractivity contribution in [2.45, 2.75) is 0 Å². The van der Waals surface area contributed by atoms with E-state index < -0.39 is 0 Å². The van der Waals surface area contributed by atoms with Gasteiger partial charge in [0, 0.05) is 3.57 Å². The highest BCUT2D eigenvalue weighted by atomic mass is 127. The Kier molecular flexibility index (Phi) is 3.49. The van der Waals surface area contributed by atoms with Crippen molar-refractivity contribution in [1.29, 1.82) is 0 Å². The van der Waals surface area contributed by atoms with Crippen molar-refractivity contribution in [2.24, 2.45) is 0 Å². The maximum atomic E-state index is 9.33. The minimum atomic E-state index is 0.135. The first-order valence-corrected chi connectivity index (χ1v) is 5.60. The molecule has 0 radical (unpaired) electrons. The van der Waals surface area contributed by atoms with E-state index in [1.54, 1.807) is 6.07 Å². The molecule has 1 N–H and O–H groups in total. The van der Waals surface area contributed by atoms with E-state index in [0.29, 0.717) is 14.0 Å². The molecule has 0 atom stereocenters. The fraction of sp³-hybridized carbons (Fsp3) is 0. The summed E-state index contributed by atoms with van der Waals surface area (Å²) < 4.78 is 2.05. The Morgan fingerprint density at radius 2 is 2.00 bits per heavy atom. The molecule has 0 amide bonds. The molecule has 0 saturated heterocycles. The van der Waals surface area contributed by atoms with Crippen molar-refractivity contribution in [3.63, 3.8) is 0 Å². The molecule has 11 heavy (non-hydrogen) atoms. The van der Waals surface area contributed by atoms with E-state index in [9.17, 15) is 5.11 Å². The molecule has 0 fully saturated rings. The number of phenols is 1. The summed E-state index contributed by atoms with van der Waals surface area (Å²) in [6.07, 6.45) is 0. The smallest absolute Gasteiger partial charge is 0.145 e. The van der Waals surface area contributed by atoms with Crippen molar-refractivity contribution < 1.29 is 5.11 Å². The first-order valence-electron chi connectivity index (χ1n) is 2.56. The van der Waals surface area contributed by atoms with E-state index in [1.165, 1.54) is 0 Å². The highest BCUT2D eigenvalue weighted by Crippen LogP contribution is 2.40. The fourth-order valence-corrected chi connectivity index (χ4v) is 3.20. The zero-order valence-corrected chi connectivity index (χ0v) is 11.1. The second-order valence-corrected chi connectivity index (χ2v) is 5.00. The number of phenolic OH excluding ortho intramolecular Hbond substituents is 1. The predicted molar refractivity (Wildman–Crippen MR) is 61.2 cm³/mol. The second-order valence-electron chi connectivity index (χ2n) is 1.82. The summed E-state index contributed by atoms with van der Waals surface area (Å²) >= 11 is 14.3. The Balaban J connectivity index is 3.46. The molecule has 5 heteroatoms. The van der Waals surface area contributed by atoms with E-state index in [2.05, 4.69) is 54.5 Å². The lowest BCUT2D eigenvalue weighted by Gasteiger charge is -2.03. The Morgan fingerprint density at radius 1 is 1.45 bits per heavy atom. The van der Waals surface area contributed by atoms with Crippen molar-refractivity contribution in [2.75, 3.05) is 0 Å². The summed E-state index contributed by atoms with van der Waals surface area (Å²) in [5, 5.41) is 9.86. The largest absolute Gasteiger partial charge is 0.506 e. The maximum Gasteiger partial charge on any atom is 0.145 e. The van der Waals surface area contributed by atoms with Gasteiger partial charge in [-0.15, -0.1) is 0 Å². The quantitative estimate of drug-likeness (QED) is 0.385. The molecule has 0 heterocycles. The Bertz CT molecular complexity index is 277. The maximum absolute atomic E-state index is 9.33. The van der Waals surface area contributed by atoms with Gasteiger partial charge in [0.15, 0.2) is 0 Å². The molecule has 1 aromatic rings. The zero-order valence-electron chi connectivity index (χ0n) is 5.04. The minimum Gasteiger partial charge on any atom is -0.506 e. The van der Waals surface area contributed by atoms with E-state index in [0.717, 1.165) is 3.57 Å². The summed E-state index contributed by atoms with van der Waals surface area (Å²) in [6, 6.07) is 1.75. The molecule has 0 spiro atoms. The number of aromatic hydroxyl groups is 1. The van der Waals surface area contributed by atoms with Gasteiger partial charge in [-0.1, -0.05) is 11.6 Å². The summed E-state index contributed by atoms with van der Waals surface area (Å²) in [5.41, 5.74) is 0. The number of hydrogen-bond donors (Lipinski definition) is 1. The van der Waals surface area contributed by atoms with Crippen LogP contribution in [0.25, 0.3) is 0 Å². The standard InChI is InChI=1S/C6H2Br2ClIO/c7-2-1-3(10)5(9)4(8)6(2)11/h1,11H. The zero-order chi connectivity index (χ0) is 8.59. The molecule has 1 aromatic carbocycles. The van der Waals surface area contributed by atoms with Gasteiger partial charge in [0.25, 0.3) is 0 Å². The lowest BCUT2D eigenvalue weighted by Crippen LogP contribution is -1.79. The van der Waals surface area contributed by atoms with Crippen LogP contribution in [0.3, 0.4) is 0 Å². The SMILES string of the molecule is Oc1c(Br)cc(I)c(Cl)c1Br. The van der Waals surface area contributed by atoms with Crippen LogP contribution in [0.15, 0.2) is 15.0 Å². The van der Waals surface area contributed by atoms with Crippen molar-refractivity contribution in [3.05, 3.63) is 23.6 Å². The van der Waals surface area contributed by atoms with Gasteiger partial charge in [-0.05, 0) is 60.5 Å². The molecule has 0 saturated carbocycles. The van der Waals surface area contributed by atoms with Crippen molar-refractivity contribution in [1.82, 2.24) is 0 Å². The molecule has 0 unspecified atom stereocenters. The van der Waals surface area contributed by atoms with Crippen molar-refractivity contribution in [3.8, 4) is 5.75 Å². The summed E-state index contributed by atoms with van der Waals surface area (Å²) in [5.74, 6) is 0.135. The third-order valence-electron chi connectivity index (χ3n) is 1.09. The topological polar surface area (TPSA) is 20.2 Å². The highest BCUT2D eigenvalue weighted by molar-refractivity contribution is 14.1. The van der Waals surface area contributed by atoms with Gasteiger partial charge in [-0.2, -0.15) is 0 Å². The van der Waals surface area contributed by atoms with Gasteiger partial charge in [-0.25, -0.2) is 0 Å². The van der Waals surface area contributed by atoms with E-state index in [4.69, 9.17) is 11.6 Å². The van der Waals surface area contributed by atoms with Gasteiger partial charge in [0.2, 0.25) is 0 Å². The molecular formula is C6H2Br2ClIO. The molecule has 0 aromatic heterocycles. The van der Waals surface area contributed by atoms with Crippen molar-refractivity contribution >= 4 is 66.1 Å². The van der Waals surface area contributed by atoms with Crippen LogP contribution in [-0.2, 0) is 0 Å². The molecule has 1 rings (SSSR count). The van der Waals surface area contributed by atoms with Crippen LogP contribution in [0.1, 0.15) is 0 Å². The summed E-state index contributed by atoms with van der Waals surface area (Å²) in [4.78, 5) is 0. The number of hydrogen-bond acceptors (Lipinski definition) is 1. The van der Waals surface area contributed by atoms with E-state index in [1.807, 2.05) is 0 Å². The van der Waals surface area contributed by atoms with Gasteiger partial charge < -0.3 is 5.11 Å². The number of benzene rings is 1. The van der Waals surface area contributed by atoms with Gasteiger partial charge in [-0.3, -0.25) is 0 Å². The molecular weight excluding hydrogens is 410 g/mol. The van der Waals surface area contributed by atoms with E-state index >= 15 is 0 Å². The van der Waals surface area contributed by atoms with Gasteiger partial charge in [0.05, 0.1) is 14.0 Å². The number of rotatable bonds is 0. The summed E-state index contributed by atoms with van der Waals surface area (Å²) in [6.45, 7) is 0. The van der Waals surface area contributed by atoms with E-state index in [-0.39, 0.29) is 5.75 Å². The molecule has 0 aliphatic heterocycles. The Hall–Kier alpha value is 1.000. The second kappa shape index (κ2) is 3.81. The van der Waals surface area contributed by atoms with Crippen LogP contribution < -0.4 is 0 Å². The lowest BCUT2D eigenvalue weighted by molar-refractivity contribution is 0.468. The van der Waals surface area contributed by atoms with Crippen LogP contribution in [0.5, 0.6) is 5.75 Å². The molecule has 0 bridgehead atoms.